The van der Waals surface area contributed by atoms with Crippen molar-refractivity contribution in [3.05, 3.63) is 0 Å². The van der Waals surface area contributed by atoms with Gasteiger partial charge in [-0.1, -0.05) is 0 Å². The van der Waals surface area contributed by atoms with Crippen LogP contribution in [0.15, 0.2) is 0 Å². The minimum absolute atomic E-state index is 0.743. The smallest absolute Gasteiger partial charge is 0.112 e. The summed E-state index contributed by atoms with van der Waals surface area (Å²) in [4.78, 5) is 0. The van der Waals surface area contributed by atoms with E-state index in [-0.39, 0.29) is 0 Å². The molecule has 0 fully saturated rings. The van der Waals surface area contributed by atoms with E-state index in [1.165, 1.54) is 6.76 Å². The fourth-order valence-corrected chi connectivity index (χ4v) is 2.36. The zero-order valence-corrected chi connectivity index (χ0v) is 8.19. The predicted octanol–water partition coefficient (Wildman–Crippen LogP) is -4.98. The number of hydrogen-bond donors (Lipinski definition) is 0. The summed E-state index contributed by atoms with van der Waals surface area (Å²) in [5.41, 5.74) is 0. The van der Waals surface area contributed by atoms with E-state index in [9.17, 15) is 0 Å². The third-order valence-electron chi connectivity index (χ3n) is 2.39. The molecule has 0 aliphatic heterocycles. The molecule has 8 heteroatoms. The third kappa shape index (κ3) is 2.34. The van der Waals surface area contributed by atoms with E-state index in [1.54, 1.807) is 0 Å². The molecule has 0 heterocycles. The van der Waals surface area contributed by atoms with Crippen LogP contribution in [0, 0.1) is 0 Å². The summed E-state index contributed by atoms with van der Waals surface area (Å²) in [6, 6.07) is 0. The largest absolute Gasteiger partial charge is 0.446 e. The fourth-order valence-electron chi connectivity index (χ4n) is 0.788. The normalized spacial score (nSPS) is 16.1. The van der Waals surface area contributed by atoms with Gasteiger partial charge in [0, 0.05) is 7.11 Å². The van der Waals surface area contributed by atoms with Crippen molar-refractivity contribution in [1.82, 2.24) is 0 Å². The third-order valence-corrected chi connectivity index (χ3v) is 7.17. The summed E-state index contributed by atoms with van der Waals surface area (Å²) in [7, 11) is 9.57. The van der Waals surface area contributed by atoms with Crippen LogP contribution in [-0.2, 0) is 4.43 Å². The van der Waals surface area contributed by atoms with Gasteiger partial charge in [-0.05, 0) is 0 Å². The minimum Gasteiger partial charge on any atom is -0.446 e. The Balaban J connectivity index is 3.92. The number of rotatable bonds is 3. The summed E-state index contributed by atoms with van der Waals surface area (Å²) in [5, 5.41) is 0. The molecule has 0 saturated carbocycles. The molecular formula is CH12B6OSi. The molecule has 0 saturated heterocycles. The quantitative estimate of drug-likeness (QED) is 0.350. The maximum atomic E-state index is 5.49. The molecule has 0 aliphatic rings. The zero-order valence-electron chi connectivity index (χ0n) is 7.19. The van der Waals surface area contributed by atoms with Crippen molar-refractivity contribution in [3.63, 3.8) is 0 Å². The van der Waals surface area contributed by atoms with Crippen molar-refractivity contribution in [1.29, 1.82) is 0 Å². The second kappa shape index (κ2) is 3.67. The lowest BCUT2D eigenvalue weighted by molar-refractivity contribution is 0.441. The summed E-state index contributed by atoms with van der Waals surface area (Å²) >= 11 is 0. The molecule has 1 atom stereocenters. The van der Waals surface area contributed by atoms with Gasteiger partial charge in [0.25, 0.3) is 0 Å². The van der Waals surface area contributed by atoms with Crippen molar-refractivity contribution in [2.45, 2.75) is 0 Å². The molecule has 0 aromatic rings. The Morgan fingerprint density at radius 2 is 2.00 bits per heavy atom. The van der Waals surface area contributed by atoms with E-state index < -0.39 is 7.93 Å². The molecule has 0 spiro atoms. The molecule has 9 heavy (non-hydrogen) atoms. The molecule has 1 nitrogen and oxygen atoms in total. The highest BCUT2D eigenvalue weighted by Crippen LogP contribution is 1.93. The predicted molar refractivity (Wildman–Crippen MR) is 59.8 cm³/mol. The lowest BCUT2D eigenvalue weighted by Crippen LogP contribution is -2.61. The van der Waals surface area contributed by atoms with E-state index in [1.807, 2.05) is 7.11 Å². The second-order valence-corrected chi connectivity index (χ2v) is 7.92. The topological polar surface area (TPSA) is 9.23 Å². The molecule has 0 radical (unpaired) electrons. The van der Waals surface area contributed by atoms with Gasteiger partial charge in [0.15, 0.2) is 0 Å². The van der Waals surface area contributed by atoms with E-state index >= 15 is 0 Å². The second-order valence-electron chi connectivity index (χ2n) is 3.03. The van der Waals surface area contributed by atoms with Crippen LogP contribution in [0.1, 0.15) is 0 Å². The Hall–Kier alpha value is 0.566. The first-order chi connectivity index (χ1) is 4.06. The summed E-state index contributed by atoms with van der Waals surface area (Å²) in [6.45, 7) is 1.22. The first-order valence-electron chi connectivity index (χ1n) is 3.62. The van der Waals surface area contributed by atoms with Gasteiger partial charge in [0.1, 0.15) is 7.44 Å². The van der Waals surface area contributed by atoms with Gasteiger partial charge in [-0.3, -0.25) is 0 Å². The average molecular weight is 133 g/mol. The van der Waals surface area contributed by atoms with Crippen molar-refractivity contribution in [2.24, 2.45) is 0 Å². The average Bonchev–Trinajstić information content (AvgIpc) is 1.86. The van der Waals surface area contributed by atoms with Crippen LogP contribution in [0.5, 0.6) is 0 Å². The number of hydrogen-bond acceptors (Lipinski definition) is 1. The monoisotopic (exact) mass is 134 g/mol. The van der Waals surface area contributed by atoms with Crippen LogP contribution in [-0.4, -0.2) is 58.5 Å². The Kier molecular flexibility index (Phi) is 3.90. The van der Waals surface area contributed by atoms with Crippen LogP contribution in [0.4, 0.5) is 0 Å². The van der Waals surface area contributed by atoms with Crippen LogP contribution in [0.25, 0.3) is 0 Å². The van der Waals surface area contributed by atoms with E-state index in [2.05, 4.69) is 30.6 Å². The van der Waals surface area contributed by atoms with E-state index in [0.717, 1.165) is 6.09 Å². The molecule has 0 aliphatic carbocycles. The fraction of sp³-hybridized carbons (Fsp3) is 1.00. The maximum Gasteiger partial charge on any atom is 0.112 e. The van der Waals surface area contributed by atoms with Crippen LogP contribution < -0.4 is 0 Å². The van der Waals surface area contributed by atoms with Crippen LogP contribution in [0.2, 0.25) is 0 Å². The zero-order chi connectivity index (χ0) is 7.49. The molecule has 0 N–H and O–H groups in total. The molecule has 1 unspecified atom stereocenters. The molecule has 0 aromatic carbocycles. The molecule has 44 valence electrons. The standard InChI is InChI=1S/CH12B6OSi/c1-8-9(5,6-2)7(3)4/h6H,2-5H2,1H3. The van der Waals surface area contributed by atoms with Crippen molar-refractivity contribution in [2.75, 3.05) is 7.11 Å². The van der Waals surface area contributed by atoms with Crippen molar-refractivity contribution < 1.29 is 4.43 Å². The highest BCUT2D eigenvalue weighted by atomic mass is 28.3. The molecular weight excluding hydrogens is 121 g/mol. The van der Waals surface area contributed by atoms with Gasteiger partial charge in [-0.15, -0.1) is 0 Å². The molecule has 0 bridgehead atoms. The Labute approximate surface area is 63.5 Å². The lowest BCUT2D eigenvalue weighted by Gasteiger charge is -2.27. The molecule has 0 aromatic heterocycles. The first-order valence-corrected chi connectivity index (χ1v) is 6.31. The van der Waals surface area contributed by atoms with Crippen LogP contribution >= 0.6 is 0 Å². The summed E-state index contributed by atoms with van der Waals surface area (Å²) < 4.78 is 5.49. The minimum atomic E-state index is -1.27. The SMILES string of the molecule is BB[Si](B)(OC)B(B)B. The van der Waals surface area contributed by atoms with Gasteiger partial charge < -0.3 is 4.43 Å². The molecule has 0 amide bonds. The van der Waals surface area contributed by atoms with Crippen molar-refractivity contribution >= 4 is 51.4 Å². The molecule has 0 rings (SSSR count). The van der Waals surface area contributed by atoms with E-state index in [0.29, 0.717) is 0 Å². The summed E-state index contributed by atoms with van der Waals surface area (Å²) in [6.07, 6.45) is 0.743. The Morgan fingerprint density at radius 1 is 1.56 bits per heavy atom. The Morgan fingerprint density at radius 3 is 2.00 bits per heavy atom. The summed E-state index contributed by atoms with van der Waals surface area (Å²) in [5.74, 6) is 0. The highest BCUT2D eigenvalue weighted by Gasteiger charge is 2.30. The van der Waals surface area contributed by atoms with Gasteiger partial charge in [-0.25, -0.2) is 0 Å². The van der Waals surface area contributed by atoms with Crippen LogP contribution in [0.3, 0.4) is 0 Å². The lowest BCUT2D eigenvalue weighted by atomic mass is 9.37. The Bertz CT molecular complexity index is 81.1. The van der Waals surface area contributed by atoms with Gasteiger partial charge in [0.05, 0.1) is 44.0 Å². The van der Waals surface area contributed by atoms with Gasteiger partial charge in [-0.2, -0.15) is 0 Å². The maximum absolute atomic E-state index is 5.49. The highest BCUT2D eigenvalue weighted by molar-refractivity contribution is 7.86. The first kappa shape index (κ1) is 9.57. The van der Waals surface area contributed by atoms with E-state index in [4.69, 9.17) is 4.43 Å². The van der Waals surface area contributed by atoms with Crippen molar-refractivity contribution in [3.8, 4) is 0 Å². The van der Waals surface area contributed by atoms with Gasteiger partial charge >= 0.3 is 0 Å². The van der Waals surface area contributed by atoms with Gasteiger partial charge in [0.2, 0.25) is 0 Å².